The van der Waals surface area contributed by atoms with E-state index in [1.54, 1.807) is 24.8 Å². The fourth-order valence-corrected chi connectivity index (χ4v) is 4.54. The average molecular weight is 712 g/mol. The first-order valence-electron chi connectivity index (χ1n) is 15.7. The third-order valence-electron chi connectivity index (χ3n) is 6.93. The van der Waals surface area contributed by atoms with Crippen LogP contribution in [0.4, 0.5) is 0 Å². The Labute approximate surface area is 291 Å². The summed E-state index contributed by atoms with van der Waals surface area (Å²) in [5, 5.41) is 0. The van der Waals surface area contributed by atoms with E-state index in [2.05, 4.69) is 54.2 Å². The van der Waals surface area contributed by atoms with E-state index in [0.717, 1.165) is 85.8 Å². The predicted octanol–water partition coefficient (Wildman–Crippen LogP) is 6.99. The molecule has 6 rings (SSSR count). The molecule has 4 N–H and O–H groups in total. The van der Waals surface area contributed by atoms with E-state index in [1.165, 1.54) is 11.1 Å². The minimum Gasteiger partial charge on any atom is -0.330 e. The summed E-state index contributed by atoms with van der Waals surface area (Å²) in [5.41, 5.74) is 19.3. The Balaban J connectivity index is 0.000000204. The van der Waals surface area contributed by atoms with Crippen molar-refractivity contribution in [2.24, 2.45) is 11.5 Å². The Kier molecular flexibility index (Phi) is 17.3. The molecule has 240 valence electrons. The van der Waals surface area contributed by atoms with E-state index in [0.29, 0.717) is 0 Å². The van der Waals surface area contributed by atoms with Gasteiger partial charge in [0.2, 0.25) is 0 Å². The van der Waals surface area contributed by atoms with Gasteiger partial charge in [-0.05, 0) is 136 Å². The Bertz CT molecular complexity index is 1460. The molecular weight excluding hydrogens is 670 g/mol. The first kappa shape index (κ1) is 36.9. The van der Waals surface area contributed by atoms with Crippen LogP contribution in [0.2, 0.25) is 0 Å². The van der Waals surface area contributed by atoms with Crippen LogP contribution in [-0.4, -0.2) is 43.0 Å². The van der Waals surface area contributed by atoms with E-state index in [-0.39, 0.29) is 19.5 Å². The van der Waals surface area contributed by atoms with Crippen LogP contribution in [0.25, 0.3) is 34.2 Å². The van der Waals surface area contributed by atoms with Gasteiger partial charge in [0.15, 0.2) is 0 Å². The third-order valence-corrected chi connectivity index (χ3v) is 6.93. The van der Waals surface area contributed by atoms with Crippen molar-refractivity contribution < 1.29 is 19.5 Å². The minimum absolute atomic E-state index is 0. The zero-order valence-corrected chi connectivity index (χ0v) is 28.3. The molecule has 6 heterocycles. The molecule has 0 aliphatic rings. The minimum atomic E-state index is 0. The van der Waals surface area contributed by atoms with Gasteiger partial charge in [0.1, 0.15) is 0 Å². The van der Waals surface area contributed by atoms with Crippen LogP contribution in [-0.2, 0) is 32.3 Å². The number of nitrogens with zero attached hydrogens (tertiary/aromatic N) is 6. The van der Waals surface area contributed by atoms with Gasteiger partial charge in [-0.25, -0.2) is 0 Å². The van der Waals surface area contributed by atoms with Crippen LogP contribution in [0.15, 0.2) is 134 Å². The molecule has 0 aliphatic carbocycles. The molecule has 0 saturated heterocycles. The number of pyridine rings is 6. The molecule has 0 unspecified atom stereocenters. The Morgan fingerprint density at radius 1 is 0.362 bits per heavy atom. The molecule has 0 radical (unpaired) electrons. The summed E-state index contributed by atoms with van der Waals surface area (Å²) in [7, 11) is 0. The van der Waals surface area contributed by atoms with E-state index in [9.17, 15) is 0 Å². The smallest absolute Gasteiger partial charge is 0.330 e. The standard InChI is InChI=1S/C18H26N4.2C10H8N2.Ru/c19-9-3-1-5-15-7-11-21-17(13-15)18-14-16(8-12-22-18)6-2-4-10-20;2*1-3-7-11-9(5-1)10-6-2-4-8-12-10;/h7-8,11-14H,1-6,9-10,19-20H2;2*1-8H;/q;;;+2. The van der Waals surface area contributed by atoms with Crippen molar-refractivity contribution in [3.63, 3.8) is 0 Å². The van der Waals surface area contributed by atoms with Crippen LogP contribution in [0.5, 0.6) is 0 Å². The number of nitrogens with two attached hydrogens (primary N) is 2. The van der Waals surface area contributed by atoms with Crippen molar-refractivity contribution in [3.8, 4) is 34.2 Å². The summed E-state index contributed by atoms with van der Waals surface area (Å²) >= 11 is 0. The molecule has 0 aromatic carbocycles. The van der Waals surface area contributed by atoms with Crippen molar-refractivity contribution >= 4 is 0 Å². The summed E-state index contributed by atoms with van der Waals surface area (Å²) in [6, 6.07) is 31.6. The summed E-state index contributed by atoms with van der Waals surface area (Å²) in [6.45, 7) is 1.51. The van der Waals surface area contributed by atoms with E-state index in [1.807, 2.05) is 85.2 Å². The molecule has 0 spiro atoms. The van der Waals surface area contributed by atoms with Gasteiger partial charge in [-0.15, -0.1) is 0 Å². The van der Waals surface area contributed by atoms with E-state index in [4.69, 9.17) is 11.5 Å². The maximum Gasteiger partial charge on any atom is 2.00 e. The Morgan fingerprint density at radius 3 is 0.957 bits per heavy atom. The molecule has 0 amide bonds. The van der Waals surface area contributed by atoms with Gasteiger partial charge in [-0.2, -0.15) is 0 Å². The average Bonchev–Trinajstić information content (AvgIpc) is 3.14. The molecule has 0 bridgehead atoms. The molecule has 0 fully saturated rings. The van der Waals surface area contributed by atoms with Gasteiger partial charge in [0, 0.05) is 37.2 Å². The predicted molar refractivity (Wildman–Crippen MR) is 186 cm³/mol. The number of aryl methyl sites for hydroxylation is 2. The summed E-state index contributed by atoms with van der Waals surface area (Å²) in [5.74, 6) is 0. The first-order chi connectivity index (χ1) is 22.8. The molecule has 8 nitrogen and oxygen atoms in total. The molecular formula is C38H42N8Ru+2. The van der Waals surface area contributed by atoms with Crippen LogP contribution >= 0.6 is 0 Å². The van der Waals surface area contributed by atoms with Gasteiger partial charge in [-0.1, -0.05) is 24.3 Å². The normalized spacial score (nSPS) is 10.0. The quantitative estimate of drug-likeness (QED) is 0.109. The molecule has 9 heteroatoms. The first-order valence-corrected chi connectivity index (χ1v) is 15.7. The molecule has 6 aromatic heterocycles. The zero-order valence-electron chi connectivity index (χ0n) is 26.6. The number of unbranched alkanes of at least 4 members (excludes halogenated alkanes) is 2. The van der Waals surface area contributed by atoms with Gasteiger partial charge in [-0.3, -0.25) is 29.9 Å². The maximum absolute atomic E-state index is 5.55. The fourth-order valence-electron chi connectivity index (χ4n) is 4.54. The SMILES string of the molecule is NCCCCc1ccnc(-c2cc(CCCCN)ccn2)c1.[Ru+2].c1ccc(-c2ccccn2)nc1.c1ccc(-c2ccccn2)nc1. The molecule has 0 atom stereocenters. The van der Waals surface area contributed by atoms with Gasteiger partial charge in [0.25, 0.3) is 0 Å². The molecule has 0 aliphatic heterocycles. The monoisotopic (exact) mass is 712 g/mol. The summed E-state index contributed by atoms with van der Waals surface area (Å²) in [4.78, 5) is 25.7. The van der Waals surface area contributed by atoms with Crippen molar-refractivity contribution in [1.82, 2.24) is 29.9 Å². The second-order valence-electron chi connectivity index (χ2n) is 10.5. The topological polar surface area (TPSA) is 129 Å². The third kappa shape index (κ3) is 13.4. The summed E-state index contributed by atoms with van der Waals surface area (Å²) in [6.07, 6.45) is 17.3. The van der Waals surface area contributed by atoms with Crippen molar-refractivity contribution in [2.75, 3.05) is 13.1 Å². The van der Waals surface area contributed by atoms with Crippen molar-refractivity contribution in [1.29, 1.82) is 0 Å². The molecule has 47 heavy (non-hydrogen) atoms. The number of rotatable bonds is 11. The van der Waals surface area contributed by atoms with E-state index >= 15 is 0 Å². The molecule has 0 saturated carbocycles. The van der Waals surface area contributed by atoms with Crippen LogP contribution in [0, 0.1) is 0 Å². The summed E-state index contributed by atoms with van der Waals surface area (Å²) < 4.78 is 0. The van der Waals surface area contributed by atoms with Gasteiger partial charge in [0.05, 0.1) is 34.2 Å². The maximum atomic E-state index is 5.55. The van der Waals surface area contributed by atoms with Crippen LogP contribution < -0.4 is 11.5 Å². The number of hydrogen-bond acceptors (Lipinski definition) is 8. The van der Waals surface area contributed by atoms with E-state index < -0.39 is 0 Å². The molecule has 6 aromatic rings. The second kappa shape index (κ2) is 22.1. The zero-order chi connectivity index (χ0) is 32.1. The largest absolute Gasteiger partial charge is 2.00 e. The van der Waals surface area contributed by atoms with Crippen LogP contribution in [0.1, 0.15) is 36.8 Å². The Hall–Kier alpha value is -4.56. The van der Waals surface area contributed by atoms with Crippen molar-refractivity contribution in [2.45, 2.75) is 38.5 Å². The van der Waals surface area contributed by atoms with Crippen LogP contribution in [0.3, 0.4) is 0 Å². The van der Waals surface area contributed by atoms with Gasteiger partial charge >= 0.3 is 19.5 Å². The Morgan fingerprint density at radius 2 is 0.681 bits per heavy atom. The van der Waals surface area contributed by atoms with Gasteiger partial charge < -0.3 is 11.5 Å². The fraction of sp³-hybridized carbons (Fsp3) is 0.211. The number of aromatic nitrogens is 6. The van der Waals surface area contributed by atoms with Crippen molar-refractivity contribution in [3.05, 3.63) is 145 Å². The second-order valence-corrected chi connectivity index (χ2v) is 10.5. The number of hydrogen-bond donors (Lipinski definition) is 2.